The molecule has 6 nitrogen and oxygen atoms in total. The van der Waals surface area contributed by atoms with Gasteiger partial charge in [0, 0.05) is 23.4 Å². The molecule has 0 saturated heterocycles. The summed E-state index contributed by atoms with van der Waals surface area (Å²) in [5.74, 6) is -0.119. The van der Waals surface area contributed by atoms with Crippen molar-refractivity contribution in [2.75, 3.05) is 18.9 Å². The van der Waals surface area contributed by atoms with Gasteiger partial charge in [0.05, 0.1) is 12.0 Å². The van der Waals surface area contributed by atoms with E-state index in [4.69, 9.17) is 0 Å². The van der Waals surface area contributed by atoms with Gasteiger partial charge >= 0.3 is 0 Å². The molecular weight excluding hydrogens is 306 g/mol. The highest BCUT2D eigenvalue weighted by Gasteiger charge is 2.13. The summed E-state index contributed by atoms with van der Waals surface area (Å²) in [5, 5.41) is 13.4. The standard InChI is InChI=1S/C18H21N3O3/c1-13-4-5-15(14(2)10-13)11-20(3)12-18(22)19-16-6-8-17(9-7-16)21(23)24/h4-10H,11-12H2,1-3H3,(H,19,22)/p+1. The van der Waals surface area contributed by atoms with Crippen molar-refractivity contribution in [2.24, 2.45) is 0 Å². The number of hydrogen-bond acceptors (Lipinski definition) is 3. The van der Waals surface area contributed by atoms with Gasteiger partial charge in [-0.3, -0.25) is 14.9 Å². The van der Waals surface area contributed by atoms with Crippen LogP contribution in [0.3, 0.4) is 0 Å². The van der Waals surface area contributed by atoms with Crippen LogP contribution < -0.4 is 10.2 Å². The fraction of sp³-hybridized carbons (Fsp3) is 0.278. The third-order valence-electron chi connectivity index (χ3n) is 3.81. The molecule has 2 aromatic carbocycles. The number of hydrogen-bond donors (Lipinski definition) is 2. The van der Waals surface area contributed by atoms with E-state index in [1.807, 2.05) is 7.05 Å². The van der Waals surface area contributed by atoms with E-state index in [0.717, 1.165) is 11.4 Å². The lowest BCUT2D eigenvalue weighted by atomic mass is 10.1. The second kappa shape index (κ2) is 7.70. The maximum Gasteiger partial charge on any atom is 0.279 e. The van der Waals surface area contributed by atoms with Crippen LogP contribution in [-0.2, 0) is 11.3 Å². The Kier molecular flexibility index (Phi) is 5.65. The fourth-order valence-corrected chi connectivity index (χ4v) is 2.58. The molecule has 2 rings (SSSR count). The number of nitro benzene ring substituents is 1. The smallest absolute Gasteiger partial charge is 0.279 e. The van der Waals surface area contributed by atoms with E-state index in [1.165, 1.54) is 41.0 Å². The summed E-state index contributed by atoms with van der Waals surface area (Å²) < 4.78 is 0. The molecule has 0 radical (unpaired) electrons. The lowest BCUT2D eigenvalue weighted by Gasteiger charge is -2.15. The lowest BCUT2D eigenvalue weighted by Crippen LogP contribution is -3.08. The molecule has 24 heavy (non-hydrogen) atoms. The molecule has 1 unspecified atom stereocenters. The first kappa shape index (κ1) is 17.6. The highest BCUT2D eigenvalue weighted by Crippen LogP contribution is 2.15. The first-order chi connectivity index (χ1) is 11.3. The van der Waals surface area contributed by atoms with Crippen LogP contribution in [0.1, 0.15) is 16.7 Å². The van der Waals surface area contributed by atoms with Gasteiger partial charge in [0.25, 0.3) is 11.6 Å². The zero-order chi connectivity index (χ0) is 17.7. The van der Waals surface area contributed by atoms with Crippen LogP contribution in [0.4, 0.5) is 11.4 Å². The zero-order valence-corrected chi connectivity index (χ0v) is 14.1. The molecule has 1 atom stereocenters. The minimum absolute atomic E-state index is 0.00517. The van der Waals surface area contributed by atoms with E-state index < -0.39 is 4.92 Å². The topological polar surface area (TPSA) is 76.7 Å². The first-order valence-electron chi connectivity index (χ1n) is 7.77. The fourth-order valence-electron chi connectivity index (χ4n) is 2.58. The first-order valence-corrected chi connectivity index (χ1v) is 7.77. The van der Waals surface area contributed by atoms with Crippen molar-refractivity contribution < 1.29 is 14.6 Å². The Bertz CT molecular complexity index is 742. The number of anilines is 1. The van der Waals surface area contributed by atoms with Crippen molar-refractivity contribution in [3.63, 3.8) is 0 Å². The van der Waals surface area contributed by atoms with Crippen LogP contribution in [0.2, 0.25) is 0 Å². The minimum atomic E-state index is -0.465. The van der Waals surface area contributed by atoms with Crippen molar-refractivity contribution in [3.05, 3.63) is 69.3 Å². The molecule has 2 N–H and O–H groups in total. The number of aryl methyl sites for hydroxylation is 2. The van der Waals surface area contributed by atoms with Crippen molar-refractivity contribution in [3.8, 4) is 0 Å². The average Bonchev–Trinajstić information content (AvgIpc) is 2.50. The monoisotopic (exact) mass is 328 g/mol. The number of quaternary nitrogens is 1. The third kappa shape index (κ3) is 4.89. The number of benzene rings is 2. The van der Waals surface area contributed by atoms with E-state index >= 15 is 0 Å². The molecule has 0 aromatic heterocycles. The van der Waals surface area contributed by atoms with Crippen LogP contribution in [0.25, 0.3) is 0 Å². The van der Waals surface area contributed by atoms with Gasteiger partial charge in [-0.25, -0.2) is 0 Å². The maximum atomic E-state index is 12.1. The molecule has 0 saturated carbocycles. The molecule has 0 fully saturated rings. The quantitative estimate of drug-likeness (QED) is 0.628. The Morgan fingerprint density at radius 1 is 1.17 bits per heavy atom. The van der Waals surface area contributed by atoms with Crippen LogP contribution in [0, 0.1) is 24.0 Å². The number of rotatable bonds is 6. The van der Waals surface area contributed by atoms with E-state index in [9.17, 15) is 14.9 Å². The Labute approximate surface area is 141 Å². The summed E-state index contributed by atoms with van der Waals surface area (Å²) in [6.45, 7) is 5.22. The van der Waals surface area contributed by atoms with Crippen LogP contribution >= 0.6 is 0 Å². The molecule has 2 aromatic rings. The van der Waals surface area contributed by atoms with Gasteiger partial charge in [-0.1, -0.05) is 23.8 Å². The summed E-state index contributed by atoms with van der Waals surface area (Å²) in [6, 6.07) is 12.1. The van der Waals surface area contributed by atoms with Gasteiger partial charge in [0.2, 0.25) is 0 Å². The number of nitrogens with one attached hydrogen (secondary N) is 2. The largest absolute Gasteiger partial charge is 0.326 e. The van der Waals surface area contributed by atoms with Gasteiger partial charge in [-0.05, 0) is 31.5 Å². The van der Waals surface area contributed by atoms with Crippen molar-refractivity contribution in [1.29, 1.82) is 0 Å². The van der Waals surface area contributed by atoms with E-state index in [2.05, 4.69) is 37.4 Å². The number of carbonyl (C=O) groups excluding carboxylic acids is 1. The van der Waals surface area contributed by atoms with Gasteiger partial charge < -0.3 is 10.2 Å². The second-order valence-electron chi connectivity index (χ2n) is 6.09. The lowest BCUT2D eigenvalue weighted by molar-refractivity contribution is -0.885. The van der Waals surface area contributed by atoms with Crippen molar-refractivity contribution >= 4 is 17.3 Å². The van der Waals surface area contributed by atoms with Crippen molar-refractivity contribution in [1.82, 2.24) is 0 Å². The molecule has 0 bridgehead atoms. The highest BCUT2D eigenvalue weighted by atomic mass is 16.6. The number of nitrogens with zero attached hydrogens (tertiary/aromatic N) is 1. The zero-order valence-electron chi connectivity index (χ0n) is 14.1. The number of nitro groups is 1. The Morgan fingerprint density at radius 2 is 1.83 bits per heavy atom. The van der Waals surface area contributed by atoms with Gasteiger partial charge in [-0.2, -0.15) is 0 Å². The molecule has 6 heteroatoms. The predicted molar refractivity (Wildman–Crippen MR) is 93.1 cm³/mol. The molecule has 1 amide bonds. The number of non-ortho nitro benzene ring substituents is 1. The molecule has 0 heterocycles. The normalized spacial score (nSPS) is 11.8. The van der Waals surface area contributed by atoms with Gasteiger partial charge in [0.15, 0.2) is 6.54 Å². The third-order valence-corrected chi connectivity index (χ3v) is 3.81. The number of likely N-dealkylation sites (N-methyl/N-ethyl adjacent to an activating group) is 1. The maximum absolute atomic E-state index is 12.1. The number of carbonyl (C=O) groups is 1. The molecule has 0 spiro atoms. The summed E-state index contributed by atoms with van der Waals surface area (Å²) in [4.78, 5) is 23.3. The van der Waals surface area contributed by atoms with E-state index in [-0.39, 0.29) is 11.6 Å². The molecule has 126 valence electrons. The molecule has 0 aliphatic carbocycles. The summed E-state index contributed by atoms with van der Waals surface area (Å²) >= 11 is 0. The van der Waals surface area contributed by atoms with E-state index in [0.29, 0.717) is 12.2 Å². The van der Waals surface area contributed by atoms with Gasteiger partial charge in [0.1, 0.15) is 6.54 Å². The minimum Gasteiger partial charge on any atom is -0.326 e. The Hall–Kier alpha value is -2.73. The summed E-state index contributed by atoms with van der Waals surface area (Å²) in [7, 11) is 1.97. The second-order valence-corrected chi connectivity index (χ2v) is 6.09. The molecule has 0 aliphatic heterocycles. The van der Waals surface area contributed by atoms with Crippen LogP contribution in [-0.4, -0.2) is 24.4 Å². The van der Waals surface area contributed by atoms with Crippen molar-refractivity contribution in [2.45, 2.75) is 20.4 Å². The molecule has 0 aliphatic rings. The van der Waals surface area contributed by atoms with Crippen LogP contribution in [0.15, 0.2) is 42.5 Å². The Morgan fingerprint density at radius 3 is 2.42 bits per heavy atom. The van der Waals surface area contributed by atoms with E-state index in [1.54, 1.807) is 0 Å². The number of amides is 1. The summed E-state index contributed by atoms with van der Waals surface area (Å²) in [5.41, 5.74) is 4.24. The average molecular weight is 328 g/mol. The SMILES string of the molecule is Cc1ccc(C[NH+](C)CC(=O)Nc2ccc([N+](=O)[O-])cc2)c(C)c1. The predicted octanol–water partition coefficient (Wildman–Crippen LogP) is 1.87. The summed E-state index contributed by atoms with van der Waals surface area (Å²) in [6.07, 6.45) is 0. The van der Waals surface area contributed by atoms with Crippen LogP contribution in [0.5, 0.6) is 0 Å². The molecular formula is C18H22N3O3+. The Balaban J connectivity index is 1.90. The highest BCUT2D eigenvalue weighted by molar-refractivity contribution is 5.91. The van der Waals surface area contributed by atoms with Gasteiger partial charge in [-0.15, -0.1) is 0 Å².